The first-order valence-corrected chi connectivity index (χ1v) is 9.67. The quantitative estimate of drug-likeness (QED) is 0.580. The van der Waals surface area contributed by atoms with E-state index in [1.54, 1.807) is 6.07 Å². The van der Waals surface area contributed by atoms with Gasteiger partial charge in [0.25, 0.3) is 0 Å². The summed E-state index contributed by atoms with van der Waals surface area (Å²) in [6, 6.07) is 10.9. The van der Waals surface area contributed by atoms with E-state index < -0.39 is 0 Å². The van der Waals surface area contributed by atoms with E-state index in [2.05, 4.69) is 32.6 Å². The molecule has 4 aromatic rings. The molecule has 0 saturated carbocycles. The minimum absolute atomic E-state index is 0.242. The fourth-order valence-corrected chi connectivity index (χ4v) is 4.08. The van der Waals surface area contributed by atoms with Crippen LogP contribution in [0.1, 0.15) is 6.42 Å². The second kappa shape index (κ2) is 6.60. The summed E-state index contributed by atoms with van der Waals surface area (Å²) in [7, 11) is 4.01. The van der Waals surface area contributed by atoms with Gasteiger partial charge in [-0.1, -0.05) is 0 Å². The van der Waals surface area contributed by atoms with Crippen LogP contribution in [-0.2, 0) is 0 Å². The van der Waals surface area contributed by atoms with E-state index in [0.717, 1.165) is 71.8 Å². The summed E-state index contributed by atoms with van der Waals surface area (Å²) >= 11 is 0. The lowest BCUT2D eigenvalue weighted by Crippen LogP contribution is -2.29. The smallest absolute Gasteiger partial charge is 0.166 e. The number of nitrogens with zero attached hydrogens (tertiary/aromatic N) is 5. The number of rotatable bonds is 2. The van der Waals surface area contributed by atoms with Crippen molar-refractivity contribution < 1.29 is 4.39 Å². The van der Waals surface area contributed by atoms with E-state index >= 15 is 0 Å². The lowest BCUT2D eigenvalue weighted by molar-refractivity contribution is 0.360. The Morgan fingerprint density at radius 1 is 0.964 bits per heavy atom. The molecular formula is C21H23FN6. The molecule has 1 aliphatic rings. The topological polar surface area (TPSA) is 48.7 Å². The Balaban J connectivity index is 1.75. The van der Waals surface area contributed by atoms with Gasteiger partial charge in [0.15, 0.2) is 11.5 Å². The van der Waals surface area contributed by atoms with Gasteiger partial charge in [-0.05, 0) is 56.4 Å². The number of hydrogen-bond acceptors (Lipinski definition) is 5. The van der Waals surface area contributed by atoms with Crippen molar-refractivity contribution in [3.8, 4) is 0 Å². The lowest BCUT2D eigenvalue weighted by Gasteiger charge is -2.22. The third kappa shape index (κ3) is 2.74. The number of pyridine rings is 1. The standard InChI is InChI=1S/C21H23FN6/c1-23-20-18-13-14-12-15(22)4-6-17(14)28(18)21-16(24-20)5-7-19(25-21)27-9-3-8-26(2)10-11-27/h4-7,12-13H,3,8-11H2,1-2H3,(H,23,24). The SMILES string of the molecule is CNc1nc2ccc(N3CCCN(C)CC3)nc2n2c1cc1cc(F)ccc12. The molecule has 1 N–H and O–H groups in total. The van der Waals surface area contributed by atoms with E-state index in [1.807, 2.05) is 25.2 Å². The van der Waals surface area contributed by atoms with Gasteiger partial charge in [-0.3, -0.25) is 4.40 Å². The van der Waals surface area contributed by atoms with Gasteiger partial charge in [0.2, 0.25) is 0 Å². The van der Waals surface area contributed by atoms with Crippen LogP contribution in [0.4, 0.5) is 16.0 Å². The average Bonchev–Trinajstić information content (AvgIpc) is 2.94. The summed E-state index contributed by atoms with van der Waals surface area (Å²) in [5.41, 5.74) is 3.44. The summed E-state index contributed by atoms with van der Waals surface area (Å²) in [6.45, 7) is 4.08. The molecule has 0 bridgehead atoms. The number of likely N-dealkylation sites (N-methyl/N-ethyl adjacent to an activating group) is 1. The minimum atomic E-state index is -0.242. The summed E-state index contributed by atoms with van der Waals surface area (Å²) < 4.78 is 15.9. The predicted molar refractivity (Wildman–Crippen MR) is 112 cm³/mol. The number of fused-ring (bicyclic) bond motifs is 5. The van der Waals surface area contributed by atoms with Crippen molar-refractivity contribution >= 4 is 39.2 Å². The van der Waals surface area contributed by atoms with Crippen molar-refractivity contribution in [2.45, 2.75) is 6.42 Å². The Kier molecular flexibility index (Phi) is 4.05. The molecule has 6 nitrogen and oxygen atoms in total. The van der Waals surface area contributed by atoms with Gasteiger partial charge in [0.1, 0.15) is 17.2 Å². The van der Waals surface area contributed by atoms with Gasteiger partial charge in [0.05, 0.1) is 11.0 Å². The Bertz CT molecular complexity index is 1180. The van der Waals surface area contributed by atoms with Gasteiger partial charge in [0, 0.05) is 32.1 Å². The van der Waals surface area contributed by atoms with Crippen LogP contribution >= 0.6 is 0 Å². The highest BCUT2D eigenvalue weighted by molar-refractivity contribution is 5.96. The first-order chi connectivity index (χ1) is 13.6. The highest BCUT2D eigenvalue weighted by atomic mass is 19.1. The van der Waals surface area contributed by atoms with Gasteiger partial charge in [-0.25, -0.2) is 14.4 Å². The van der Waals surface area contributed by atoms with Gasteiger partial charge < -0.3 is 15.1 Å². The van der Waals surface area contributed by atoms with E-state index in [1.165, 1.54) is 6.07 Å². The molecule has 0 aliphatic carbocycles. The van der Waals surface area contributed by atoms with E-state index in [9.17, 15) is 4.39 Å². The largest absolute Gasteiger partial charge is 0.371 e. The number of benzene rings is 1. The van der Waals surface area contributed by atoms with E-state index in [0.29, 0.717) is 0 Å². The fourth-order valence-electron chi connectivity index (χ4n) is 4.08. The molecule has 0 unspecified atom stereocenters. The molecule has 3 aromatic heterocycles. The molecule has 4 heterocycles. The number of hydrogen-bond donors (Lipinski definition) is 1. The molecule has 144 valence electrons. The second-order valence-corrected chi connectivity index (χ2v) is 7.43. The zero-order valence-corrected chi connectivity index (χ0v) is 16.1. The molecule has 0 spiro atoms. The normalized spacial score (nSPS) is 16.2. The molecular weight excluding hydrogens is 355 g/mol. The van der Waals surface area contributed by atoms with Crippen LogP contribution in [0.15, 0.2) is 36.4 Å². The van der Waals surface area contributed by atoms with Crippen LogP contribution in [0.5, 0.6) is 0 Å². The number of anilines is 2. The fraction of sp³-hybridized carbons (Fsp3) is 0.333. The van der Waals surface area contributed by atoms with Crippen molar-refractivity contribution in [2.24, 2.45) is 0 Å². The lowest BCUT2D eigenvalue weighted by atomic mass is 10.2. The van der Waals surface area contributed by atoms with Crippen molar-refractivity contribution in [3.05, 3.63) is 42.2 Å². The highest BCUT2D eigenvalue weighted by Crippen LogP contribution is 2.30. The molecule has 1 saturated heterocycles. The molecule has 1 fully saturated rings. The third-order valence-electron chi connectivity index (χ3n) is 5.57. The van der Waals surface area contributed by atoms with E-state index in [4.69, 9.17) is 9.97 Å². The molecule has 0 amide bonds. The summed E-state index contributed by atoms with van der Waals surface area (Å²) in [4.78, 5) is 14.4. The molecule has 5 rings (SSSR count). The van der Waals surface area contributed by atoms with Gasteiger partial charge in [-0.2, -0.15) is 0 Å². The Labute approximate surface area is 162 Å². The molecule has 0 atom stereocenters. The first kappa shape index (κ1) is 17.2. The van der Waals surface area contributed by atoms with Crippen LogP contribution in [0.2, 0.25) is 0 Å². The predicted octanol–water partition coefficient (Wildman–Crippen LogP) is 3.36. The number of aromatic nitrogens is 3. The monoisotopic (exact) mass is 378 g/mol. The number of nitrogens with one attached hydrogen (secondary N) is 1. The molecule has 1 aromatic carbocycles. The summed E-state index contributed by atoms with van der Waals surface area (Å²) in [6.07, 6.45) is 1.12. The van der Waals surface area contributed by atoms with Crippen LogP contribution < -0.4 is 10.2 Å². The zero-order valence-electron chi connectivity index (χ0n) is 16.1. The second-order valence-electron chi connectivity index (χ2n) is 7.43. The van der Waals surface area contributed by atoms with Crippen LogP contribution in [0.25, 0.3) is 27.6 Å². The molecule has 28 heavy (non-hydrogen) atoms. The molecule has 0 radical (unpaired) electrons. The zero-order chi connectivity index (χ0) is 19.3. The van der Waals surface area contributed by atoms with Crippen molar-refractivity contribution in [1.29, 1.82) is 0 Å². The van der Waals surface area contributed by atoms with Crippen molar-refractivity contribution in [3.63, 3.8) is 0 Å². The van der Waals surface area contributed by atoms with Crippen molar-refractivity contribution in [1.82, 2.24) is 19.3 Å². The summed E-state index contributed by atoms with van der Waals surface area (Å²) in [5.74, 6) is 1.48. The van der Waals surface area contributed by atoms with E-state index in [-0.39, 0.29) is 5.82 Å². The number of halogens is 1. The first-order valence-electron chi connectivity index (χ1n) is 9.67. The maximum absolute atomic E-state index is 13.8. The Morgan fingerprint density at radius 2 is 1.86 bits per heavy atom. The highest BCUT2D eigenvalue weighted by Gasteiger charge is 2.17. The van der Waals surface area contributed by atoms with Gasteiger partial charge in [-0.15, -0.1) is 0 Å². The Hall–Kier alpha value is -2.93. The van der Waals surface area contributed by atoms with Crippen LogP contribution in [0.3, 0.4) is 0 Å². The van der Waals surface area contributed by atoms with Gasteiger partial charge >= 0.3 is 0 Å². The third-order valence-corrected chi connectivity index (χ3v) is 5.57. The maximum atomic E-state index is 13.8. The van der Waals surface area contributed by atoms with Crippen LogP contribution in [0, 0.1) is 5.82 Å². The van der Waals surface area contributed by atoms with Crippen LogP contribution in [-0.4, -0.2) is 59.5 Å². The maximum Gasteiger partial charge on any atom is 0.166 e. The summed E-state index contributed by atoms with van der Waals surface area (Å²) in [5, 5.41) is 4.00. The average molecular weight is 378 g/mol. The van der Waals surface area contributed by atoms with Crippen molar-refractivity contribution in [2.75, 3.05) is 50.5 Å². The molecule has 1 aliphatic heterocycles. The minimum Gasteiger partial charge on any atom is -0.371 e. The molecule has 7 heteroatoms. The Morgan fingerprint density at radius 3 is 2.71 bits per heavy atom.